The molecule has 1 atom stereocenters. The lowest BCUT2D eigenvalue weighted by molar-refractivity contribution is 0.199. The zero-order valence-corrected chi connectivity index (χ0v) is 12.1. The summed E-state index contributed by atoms with van der Waals surface area (Å²) in [4.78, 5) is 14.1. The normalized spacial score (nSPS) is 18.0. The quantitative estimate of drug-likeness (QED) is 0.868. The monoisotopic (exact) mass is 276 g/mol. The maximum absolute atomic E-state index is 12.2. The van der Waals surface area contributed by atoms with Gasteiger partial charge in [0.1, 0.15) is 0 Å². The number of aliphatic hydroxyl groups excluding tert-OH is 1. The van der Waals surface area contributed by atoms with Gasteiger partial charge in [0.05, 0.1) is 6.10 Å². The van der Waals surface area contributed by atoms with Gasteiger partial charge in [-0.3, -0.25) is 0 Å². The van der Waals surface area contributed by atoms with Gasteiger partial charge in [0.2, 0.25) is 0 Å². The van der Waals surface area contributed by atoms with Gasteiger partial charge < -0.3 is 15.3 Å². The van der Waals surface area contributed by atoms with E-state index in [-0.39, 0.29) is 6.03 Å². The molecule has 1 fully saturated rings. The molecule has 1 aliphatic heterocycles. The fraction of sp³-hybridized carbons (Fsp3) is 0.562. The smallest absolute Gasteiger partial charge is 0.321 e. The molecule has 2 amide bonds. The third-order valence-corrected chi connectivity index (χ3v) is 3.79. The predicted octanol–water partition coefficient (Wildman–Crippen LogP) is 3.54. The van der Waals surface area contributed by atoms with E-state index in [0.717, 1.165) is 37.2 Å². The molecule has 1 aromatic carbocycles. The molecule has 0 aliphatic carbocycles. The highest BCUT2D eigenvalue weighted by Gasteiger charge is 2.14. The van der Waals surface area contributed by atoms with Crippen LogP contribution in [-0.2, 0) is 0 Å². The Morgan fingerprint density at radius 3 is 2.20 bits per heavy atom. The fourth-order valence-corrected chi connectivity index (χ4v) is 2.50. The molecular formula is C16H24N2O2. The zero-order valence-electron chi connectivity index (χ0n) is 12.1. The molecule has 0 bridgehead atoms. The molecule has 20 heavy (non-hydrogen) atoms. The lowest BCUT2D eigenvalue weighted by Gasteiger charge is -2.25. The van der Waals surface area contributed by atoms with Gasteiger partial charge in [0, 0.05) is 18.8 Å². The maximum atomic E-state index is 12.2. The first-order valence-corrected chi connectivity index (χ1v) is 7.51. The number of anilines is 1. The summed E-state index contributed by atoms with van der Waals surface area (Å²) < 4.78 is 0. The van der Waals surface area contributed by atoms with Crippen LogP contribution in [0.5, 0.6) is 0 Å². The van der Waals surface area contributed by atoms with Crippen molar-refractivity contribution in [1.82, 2.24) is 4.90 Å². The van der Waals surface area contributed by atoms with Crippen LogP contribution in [-0.4, -0.2) is 29.1 Å². The van der Waals surface area contributed by atoms with Crippen LogP contribution in [0.3, 0.4) is 0 Å². The number of urea groups is 1. The minimum Gasteiger partial charge on any atom is -0.389 e. The molecule has 4 nitrogen and oxygen atoms in total. The van der Waals surface area contributed by atoms with Crippen molar-refractivity contribution < 1.29 is 9.90 Å². The Kier molecular flexibility index (Phi) is 5.41. The fourth-order valence-electron chi connectivity index (χ4n) is 2.50. The average Bonchev–Trinajstić information content (AvgIpc) is 2.38. The Hall–Kier alpha value is -1.55. The van der Waals surface area contributed by atoms with Gasteiger partial charge in [-0.15, -0.1) is 0 Å². The summed E-state index contributed by atoms with van der Waals surface area (Å²) in [5, 5.41) is 12.4. The van der Waals surface area contributed by atoms with Crippen LogP contribution < -0.4 is 5.32 Å². The summed E-state index contributed by atoms with van der Waals surface area (Å²) in [6, 6.07) is 7.34. The van der Waals surface area contributed by atoms with Gasteiger partial charge in [0.15, 0.2) is 0 Å². The number of hydrogen-bond donors (Lipinski definition) is 2. The van der Waals surface area contributed by atoms with E-state index in [0.29, 0.717) is 0 Å². The third kappa shape index (κ3) is 4.23. The molecule has 1 aliphatic rings. The van der Waals surface area contributed by atoms with Crippen LogP contribution in [0.25, 0.3) is 0 Å². The maximum Gasteiger partial charge on any atom is 0.321 e. The second-order valence-electron chi connectivity index (χ2n) is 5.48. The van der Waals surface area contributed by atoms with Crippen molar-refractivity contribution in [2.75, 3.05) is 18.4 Å². The molecule has 1 aromatic rings. The van der Waals surface area contributed by atoms with Crippen LogP contribution in [0.15, 0.2) is 24.3 Å². The van der Waals surface area contributed by atoms with E-state index in [9.17, 15) is 9.90 Å². The Bertz CT molecular complexity index is 421. The van der Waals surface area contributed by atoms with Crippen molar-refractivity contribution in [3.63, 3.8) is 0 Å². The Balaban J connectivity index is 1.92. The number of benzene rings is 1. The van der Waals surface area contributed by atoms with Crippen LogP contribution in [0.4, 0.5) is 10.5 Å². The van der Waals surface area contributed by atoms with Crippen molar-refractivity contribution in [3.8, 4) is 0 Å². The van der Waals surface area contributed by atoms with E-state index >= 15 is 0 Å². The highest BCUT2D eigenvalue weighted by atomic mass is 16.3. The summed E-state index contributed by atoms with van der Waals surface area (Å²) in [5.41, 5.74) is 1.63. The number of likely N-dealkylation sites (tertiary alicyclic amines) is 1. The number of amides is 2. The summed E-state index contributed by atoms with van der Waals surface area (Å²) in [6.45, 7) is 3.42. The van der Waals surface area contributed by atoms with Gasteiger partial charge in [-0.05, 0) is 37.5 Å². The van der Waals surface area contributed by atoms with Crippen molar-refractivity contribution in [1.29, 1.82) is 0 Å². The van der Waals surface area contributed by atoms with Crippen molar-refractivity contribution in [2.45, 2.75) is 45.1 Å². The Morgan fingerprint density at radius 2 is 1.65 bits per heavy atom. The molecule has 110 valence electrons. The van der Waals surface area contributed by atoms with E-state index in [4.69, 9.17) is 0 Å². The summed E-state index contributed by atoms with van der Waals surface area (Å²) in [5.74, 6) is 0. The van der Waals surface area contributed by atoms with Gasteiger partial charge in [-0.25, -0.2) is 4.79 Å². The first-order valence-electron chi connectivity index (χ1n) is 7.51. The molecule has 2 rings (SSSR count). The van der Waals surface area contributed by atoms with Crippen molar-refractivity contribution in [3.05, 3.63) is 29.8 Å². The van der Waals surface area contributed by atoms with E-state index in [1.165, 1.54) is 19.3 Å². The molecule has 0 aromatic heterocycles. The minimum atomic E-state index is -0.478. The molecule has 4 heteroatoms. The van der Waals surface area contributed by atoms with Gasteiger partial charge in [0.25, 0.3) is 0 Å². The van der Waals surface area contributed by atoms with Crippen LogP contribution >= 0.6 is 0 Å². The molecule has 1 heterocycles. The first kappa shape index (κ1) is 14.9. The molecule has 1 saturated heterocycles. The van der Waals surface area contributed by atoms with Crippen LogP contribution in [0, 0.1) is 0 Å². The lowest BCUT2D eigenvalue weighted by atomic mass is 10.1. The Labute approximate surface area is 120 Å². The number of rotatable bonds is 2. The molecule has 0 radical (unpaired) electrons. The number of aliphatic hydroxyl groups is 1. The van der Waals surface area contributed by atoms with Crippen molar-refractivity contribution in [2.24, 2.45) is 0 Å². The van der Waals surface area contributed by atoms with E-state index in [1.54, 1.807) is 6.92 Å². The van der Waals surface area contributed by atoms with Crippen LogP contribution in [0.2, 0.25) is 0 Å². The lowest BCUT2D eigenvalue weighted by Crippen LogP contribution is -2.37. The first-order chi connectivity index (χ1) is 9.66. The number of nitrogens with zero attached hydrogens (tertiary/aromatic N) is 1. The number of hydrogen-bond acceptors (Lipinski definition) is 2. The van der Waals surface area contributed by atoms with Crippen molar-refractivity contribution >= 4 is 11.7 Å². The molecule has 0 spiro atoms. The van der Waals surface area contributed by atoms with Crippen LogP contribution in [0.1, 0.15) is 50.7 Å². The van der Waals surface area contributed by atoms with E-state index in [1.807, 2.05) is 29.2 Å². The average molecular weight is 276 g/mol. The molecular weight excluding hydrogens is 252 g/mol. The summed E-state index contributed by atoms with van der Waals surface area (Å²) in [7, 11) is 0. The highest BCUT2D eigenvalue weighted by Crippen LogP contribution is 2.17. The number of nitrogens with one attached hydrogen (secondary N) is 1. The summed E-state index contributed by atoms with van der Waals surface area (Å²) in [6.07, 6.45) is 5.42. The highest BCUT2D eigenvalue weighted by molar-refractivity contribution is 5.89. The zero-order chi connectivity index (χ0) is 14.4. The standard InChI is InChI=1S/C16H24N2O2/c1-13(19)14-7-9-15(10-8-14)17-16(20)18-11-5-3-2-4-6-12-18/h7-10,13,19H,2-6,11-12H2,1H3,(H,17,20). The minimum absolute atomic E-state index is 0.0169. The number of carbonyl (C=O) groups excluding carboxylic acids is 1. The molecule has 1 unspecified atom stereocenters. The largest absolute Gasteiger partial charge is 0.389 e. The van der Waals surface area contributed by atoms with Gasteiger partial charge >= 0.3 is 6.03 Å². The topological polar surface area (TPSA) is 52.6 Å². The second-order valence-corrected chi connectivity index (χ2v) is 5.48. The van der Waals surface area contributed by atoms with E-state index < -0.39 is 6.10 Å². The van der Waals surface area contributed by atoms with Gasteiger partial charge in [-0.2, -0.15) is 0 Å². The Morgan fingerprint density at radius 1 is 1.10 bits per heavy atom. The van der Waals surface area contributed by atoms with E-state index in [2.05, 4.69) is 5.32 Å². The molecule has 0 saturated carbocycles. The third-order valence-electron chi connectivity index (χ3n) is 3.79. The number of carbonyl (C=O) groups is 1. The molecule has 2 N–H and O–H groups in total. The SMILES string of the molecule is CC(O)c1ccc(NC(=O)N2CCCCCCC2)cc1. The second kappa shape index (κ2) is 7.29. The summed E-state index contributed by atoms with van der Waals surface area (Å²) >= 11 is 0. The van der Waals surface area contributed by atoms with Gasteiger partial charge in [-0.1, -0.05) is 31.4 Å². The predicted molar refractivity (Wildman–Crippen MR) is 80.8 cm³/mol.